The Bertz CT molecular complexity index is 413. The monoisotopic (exact) mass is 294 g/mol. The molecule has 0 bridgehead atoms. The van der Waals surface area contributed by atoms with E-state index in [9.17, 15) is 5.11 Å². The minimum absolute atomic E-state index is 0.143. The molecule has 1 atom stereocenters. The lowest BCUT2D eigenvalue weighted by molar-refractivity contribution is 0.368. The van der Waals surface area contributed by atoms with Crippen molar-refractivity contribution in [2.24, 2.45) is 5.73 Å². The number of nitrogens with zero attached hydrogens (tertiary/aromatic N) is 2. The molecule has 1 aromatic carbocycles. The average molecular weight is 294 g/mol. The van der Waals surface area contributed by atoms with E-state index in [2.05, 4.69) is 27.2 Å². The molecular formula is C16H30N4O. The number of nitrogens with one attached hydrogen (secondary N) is 1. The molecule has 0 heterocycles. The van der Waals surface area contributed by atoms with Gasteiger partial charge in [0, 0.05) is 43.3 Å². The summed E-state index contributed by atoms with van der Waals surface area (Å²) < 4.78 is 0. The second-order valence-electron chi connectivity index (χ2n) is 6.35. The van der Waals surface area contributed by atoms with Gasteiger partial charge in [-0.25, -0.2) is 0 Å². The lowest BCUT2D eigenvalue weighted by Gasteiger charge is -2.18. The molecule has 0 spiro atoms. The standard InChI is InChI=1S/C16H30N4O/c1-12(17)8-18-9-13-6-14(10-19(2)3)16(21)15(7-13)11-20(4)5/h6-7,12,18,21H,8-11,17H2,1-5H3. The molecule has 0 saturated heterocycles. The average Bonchev–Trinajstić information content (AvgIpc) is 2.33. The molecule has 1 aromatic rings. The smallest absolute Gasteiger partial charge is 0.124 e. The van der Waals surface area contributed by atoms with Crippen molar-refractivity contribution in [2.45, 2.75) is 32.6 Å². The zero-order chi connectivity index (χ0) is 16.0. The Kier molecular flexibility index (Phi) is 7.11. The van der Waals surface area contributed by atoms with Crippen molar-refractivity contribution in [1.29, 1.82) is 0 Å². The Hall–Kier alpha value is -1.14. The molecule has 5 heteroatoms. The molecule has 0 amide bonds. The highest BCUT2D eigenvalue weighted by Gasteiger charge is 2.11. The fourth-order valence-electron chi connectivity index (χ4n) is 2.30. The molecule has 21 heavy (non-hydrogen) atoms. The summed E-state index contributed by atoms with van der Waals surface area (Å²) in [5, 5.41) is 13.8. The largest absolute Gasteiger partial charge is 0.507 e. The number of hydrogen-bond acceptors (Lipinski definition) is 5. The van der Waals surface area contributed by atoms with E-state index < -0.39 is 0 Å². The van der Waals surface area contributed by atoms with Crippen molar-refractivity contribution < 1.29 is 5.11 Å². The van der Waals surface area contributed by atoms with Crippen LogP contribution >= 0.6 is 0 Å². The second-order valence-corrected chi connectivity index (χ2v) is 6.35. The number of aromatic hydroxyl groups is 1. The van der Waals surface area contributed by atoms with Crippen LogP contribution in [0.4, 0.5) is 0 Å². The Morgan fingerprint density at radius 3 is 1.95 bits per heavy atom. The van der Waals surface area contributed by atoms with Crippen molar-refractivity contribution in [3.63, 3.8) is 0 Å². The van der Waals surface area contributed by atoms with Crippen molar-refractivity contribution in [2.75, 3.05) is 34.7 Å². The van der Waals surface area contributed by atoms with E-state index in [0.29, 0.717) is 5.75 Å². The number of benzene rings is 1. The van der Waals surface area contributed by atoms with Crippen molar-refractivity contribution in [3.05, 3.63) is 28.8 Å². The third kappa shape index (κ3) is 6.44. The van der Waals surface area contributed by atoms with Gasteiger partial charge in [0.2, 0.25) is 0 Å². The predicted octanol–water partition coefficient (Wildman–Crippen LogP) is 0.952. The lowest BCUT2D eigenvalue weighted by Crippen LogP contribution is -2.30. The molecule has 5 nitrogen and oxygen atoms in total. The van der Waals surface area contributed by atoms with Crippen LogP contribution < -0.4 is 11.1 Å². The third-order valence-corrected chi connectivity index (χ3v) is 3.10. The summed E-state index contributed by atoms with van der Waals surface area (Å²) >= 11 is 0. The molecule has 4 N–H and O–H groups in total. The van der Waals surface area contributed by atoms with Crippen LogP contribution in [0.1, 0.15) is 23.6 Å². The molecular weight excluding hydrogens is 264 g/mol. The van der Waals surface area contributed by atoms with Gasteiger partial charge in [-0.1, -0.05) is 0 Å². The van der Waals surface area contributed by atoms with Crippen LogP contribution in [0.3, 0.4) is 0 Å². The third-order valence-electron chi connectivity index (χ3n) is 3.10. The van der Waals surface area contributed by atoms with Crippen molar-refractivity contribution >= 4 is 0 Å². The van der Waals surface area contributed by atoms with Gasteiger partial charge in [0.15, 0.2) is 0 Å². The van der Waals surface area contributed by atoms with Crippen LogP contribution in [0.25, 0.3) is 0 Å². The molecule has 0 aromatic heterocycles. The summed E-state index contributed by atoms with van der Waals surface area (Å²) in [6.45, 7) is 5.00. The highest BCUT2D eigenvalue weighted by molar-refractivity contribution is 5.44. The minimum atomic E-state index is 0.143. The first-order valence-corrected chi connectivity index (χ1v) is 7.39. The number of phenols is 1. The molecule has 0 aliphatic carbocycles. The summed E-state index contributed by atoms with van der Waals surface area (Å²) in [5.41, 5.74) is 8.88. The zero-order valence-corrected chi connectivity index (χ0v) is 14.0. The summed E-state index contributed by atoms with van der Waals surface area (Å²) in [5.74, 6) is 0.411. The molecule has 0 saturated carbocycles. The summed E-state index contributed by atoms with van der Waals surface area (Å²) in [7, 11) is 8.02. The maximum atomic E-state index is 10.4. The zero-order valence-electron chi connectivity index (χ0n) is 14.0. The van der Waals surface area contributed by atoms with E-state index >= 15 is 0 Å². The normalized spacial score (nSPS) is 13.1. The van der Waals surface area contributed by atoms with Gasteiger partial charge in [0.05, 0.1) is 0 Å². The molecule has 0 aliphatic heterocycles. The van der Waals surface area contributed by atoms with Crippen LogP contribution in [0, 0.1) is 0 Å². The van der Waals surface area contributed by atoms with Gasteiger partial charge < -0.3 is 26.0 Å². The number of hydrogen-bond donors (Lipinski definition) is 3. The summed E-state index contributed by atoms with van der Waals surface area (Å²) in [6, 6.07) is 4.29. The van der Waals surface area contributed by atoms with Crippen LogP contribution in [0.2, 0.25) is 0 Å². The molecule has 0 fully saturated rings. The number of rotatable bonds is 8. The molecule has 0 aliphatic rings. The van der Waals surface area contributed by atoms with E-state index in [1.807, 2.05) is 35.1 Å². The van der Waals surface area contributed by atoms with Gasteiger partial charge in [-0.3, -0.25) is 0 Å². The fourth-order valence-corrected chi connectivity index (χ4v) is 2.30. The molecule has 1 unspecified atom stereocenters. The quantitative estimate of drug-likeness (QED) is 0.666. The van der Waals surface area contributed by atoms with E-state index in [1.54, 1.807) is 0 Å². The first-order valence-electron chi connectivity index (χ1n) is 7.39. The number of nitrogens with two attached hydrogens (primary N) is 1. The lowest BCUT2D eigenvalue weighted by atomic mass is 10.0. The van der Waals surface area contributed by atoms with Crippen LogP contribution in [0.5, 0.6) is 5.75 Å². The van der Waals surface area contributed by atoms with Gasteiger partial charge in [-0.2, -0.15) is 0 Å². The number of phenolic OH excluding ortho intramolecular Hbond substituents is 1. The Morgan fingerprint density at radius 2 is 1.57 bits per heavy atom. The van der Waals surface area contributed by atoms with E-state index in [0.717, 1.165) is 37.3 Å². The highest BCUT2D eigenvalue weighted by atomic mass is 16.3. The Balaban J connectivity index is 2.95. The minimum Gasteiger partial charge on any atom is -0.507 e. The van der Waals surface area contributed by atoms with Crippen molar-refractivity contribution in [1.82, 2.24) is 15.1 Å². The SMILES string of the molecule is CC(N)CNCc1cc(CN(C)C)c(O)c(CN(C)C)c1. The first-order chi connectivity index (χ1) is 9.79. The second kappa shape index (κ2) is 8.34. The van der Waals surface area contributed by atoms with E-state index in [-0.39, 0.29) is 6.04 Å². The van der Waals surface area contributed by atoms with Gasteiger partial charge in [-0.05, 0) is 52.8 Å². The van der Waals surface area contributed by atoms with Gasteiger partial charge in [0.25, 0.3) is 0 Å². The Morgan fingerprint density at radius 1 is 1.10 bits per heavy atom. The van der Waals surface area contributed by atoms with Crippen LogP contribution in [-0.4, -0.2) is 55.7 Å². The van der Waals surface area contributed by atoms with Crippen molar-refractivity contribution in [3.8, 4) is 5.75 Å². The van der Waals surface area contributed by atoms with Gasteiger partial charge in [0.1, 0.15) is 5.75 Å². The summed E-state index contributed by atoms with van der Waals surface area (Å²) in [4.78, 5) is 4.13. The molecule has 0 radical (unpaired) electrons. The fraction of sp³-hybridized carbons (Fsp3) is 0.625. The maximum Gasteiger partial charge on any atom is 0.124 e. The molecule has 1 rings (SSSR count). The molecule has 120 valence electrons. The van der Waals surface area contributed by atoms with E-state index in [1.165, 1.54) is 5.56 Å². The summed E-state index contributed by atoms with van der Waals surface area (Å²) in [6.07, 6.45) is 0. The maximum absolute atomic E-state index is 10.4. The first kappa shape index (κ1) is 17.9. The van der Waals surface area contributed by atoms with E-state index in [4.69, 9.17) is 5.73 Å². The van der Waals surface area contributed by atoms with Gasteiger partial charge >= 0.3 is 0 Å². The topological polar surface area (TPSA) is 64.8 Å². The van der Waals surface area contributed by atoms with Crippen LogP contribution in [-0.2, 0) is 19.6 Å². The predicted molar refractivity (Wildman–Crippen MR) is 88.2 cm³/mol. The van der Waals surface area contributed by atoms with Gasteiger partial charge in [-0.15, -0.1) is 0 Å². The van der Waals surface area contributed by atoms with Crippen LogP contribution in [0.15, 0.2) is 12.1 Å². The Labute approximate surface area is 128 Å². The highest BCUT2D eigenvalue weighted by Crippen LogP contribution is 2.26.